The van der Waals surface area contributed by atoms with E-state index in [-0.39, 0.29) is 0 Å². The monoisotopic (exact) mass is 339 g/mol. The third-order valence-electron chi connectivity index (χ3n) is 5.49. The summed E-state index contributed by atoms with van der Waals surface area (Å²) in [4.78, 5) is 13.6. The molecular formula is C20H25N3O2. The van der Waals surface area contributed by atoms with Gasteiger partial charge in [0, 0.05) is 19.5 Å². The summed E-state index contributed by atoms with van der Waals surface area (Å²) < 4.78 is 0. The number of aromatic nitrogens is 2. The molecular weight excluding hydrogens is 314 g/mol. The summed E-state index contributed by atoms with van der Waals surface area (Å²) in [5, 5.41) is 18.3. The molecule has 132 valence electrons. The van der Waals surface area contributed by atoms with Gasteiger partial charge in [-0.3, -0.25) is 4.79 Å². The maximum atomic E-state index is 11.4. The van der Waals surface area contributed by atoms with Gasteiger partial charge in [-0.05, 0) is 50.3 Å². The Morgan fingerprint density at radius 3 is 2.36 bits per heavy atom. The summed E-state index contributed by atoms with van der Waals surface area (Å²) in [5.41, 5.74) is 3.91. The minimum Gasteiger partial charge on any atom is -0.481 e. The Hall–Kier alpha value is -2.43. The number of anilines is 1. The first-order chi connectivity index (χ1) is 11.9. The number of benzene rings is 1. The summed E-state index contributed by atoms with van der Waals surface area (Å²) in [6.45, 7) is 7.42. The molecule has 1 aromatic carbocycles. The number of carboxylic acid groups (broad SMARTS) is 1. The largest absolute Gasteiger partial charge is 0.481 e. The molecule has 1 fully saturated rings. The first-order valence-electron chi connectivity index (χ1n) is 8.76. The van der Waals surface area contributed by atoms with Crippen LogP contribution in [0.4, 0.5) is 5.82 Å². The smallest absolute Gasteiger partial charge is 0.309 e. The Bertz CT molecular complexity index is 766. The molecule has 1 N–H and O–H groups in total. The van der Waals surface area contributed by atoms with Crippen LogP contribution in [0.15, 0.2) is 30.3 Å². The van der Waals surface area contributed by atoms with Crippen molar-refractivity contribution >= 4 is 11.8 Å². The van der Waals surface area contributed by atoms with Gasteiger partial charge >= 0.3 is 5.97 Å². The first-order valence-corrected chi connectivity index (χ1v) is 8.76. The molecule has 25 heavy (non-hydrogen) atoms. The van der Waals surface area contributed by atoms with Crippen molar-refractivity contribution in [3.8, 4) is 0 Å². The van der Waals surface area contributed by atoms with Gasteiger partial charge < -0.3 is 10.0 Å². The highest BCUT2D eigenvalue weighted by molar-refractivity contribution is 5.74. The molecule has 0 unspecified atom stereocenters. The molecule has 1 aliphatic heterocycles. The highest BCUT2D eigenvalue weighted by atomic mass is 16.4. The number of carbonyl (C=O) groups is 1. The van der Waals surface area contributed by atoms with Crippen LogP contribution >= 0.6 is 0 Å². The third-order valence-corrected chi connectivity index (χ3v) is 5.49. The second kappa shape index (κ2) is 6.82. The number of piperidine rings is 1. The molecule has 1 aromatic heterocycles. The molecule has 0 atom stereocenters. The molecule has 0 radical (unpaired) electrons. The van der Waals surface area contributed by atoms with E-state index in [9.17, 15) is 9.90 Å². The lowest BCUT2D eigenvalue weighted by molar-refractivity contribution is -0.149. The quantitative estimate of drug-likeness (QED) is 0.925. The molecule has 0 bridgehead atoms. The topological polar surface area (TPSA) is 66.3 Å². The Morgan fingerprint density at radius 2 is 1.76 bits per heavy atom. The van der Waals surface area contributed by atoms with Crippen LogP contribution in [0.3, 0.4) is 0 Å². The van der Waals surface area contributed by atoms with E-state index in [0.29, 0.717) is 25.9 Å². The van der Waals surface area contributed by atoms with E-state index in [0.717, 1.165) is 23.5 Å². The zero-order chi connectivity index (χ0) is 18.0. The summed E-state index contributed by atoms with van der Waals surface area (Å²) in [6.07, 6.45) is 2.04. The lowest BCUT2D eigenvalue weighted by atomic mass is 9.80. The molecule has 0 saturated carbocycles. The van der Waals surface area contributed by atoms with Crippen LogP contribution in [-0.2, 0) is 11.2 Å². The lowest BCUT2D eigenvalue weighted by Crippen LogP contribution is -2.43. The average Bonchev–Trinajstić information content (AvgIpc) is 2.61. The summed E-state index contributed by atoms with van der Waals surface area (Å²) in [7, 11) is 0. The van der Waals surface area contributed by atoms with Crippen LogP contribution < -0.4 is 4.90 Å². The zero-order valence-electron chi connectivity index (χ0n) is 15.1. The van der Waals surface area contributed by atoms with Crippen molar-refractivity contribution in [3.63, 3.8) is 0 Å². The Morgan fingerprint density at radius 1 is 1.12 bits per heavy atom. The lowest BCUT2D eigenvalue weighted by Gasteiger charge is -2.37. The fraction of sp³-hybridized carbons (Fsp3) is 0.450. The van der Waals surface area contributed by atoms with Crippen LogP contribution in [0, 0.1) is 19.3 Å². The molecule has 2 heterocycles. The summed E-state index contributed by atoms with van der Waals surface area (Å²) in [5.74, 6) is 0.186. The van der Waals surface area contributed by atoms with E-state index in [2.05, 4.69) is 41.1 Å². The Kier molecular flexibility index (Phi) is 4.75. The second-order valence-electron chi connectivity index (χ2n) is 7.24. The van der Waals surface area contributed by atoms with Gasteiger partial charge in [0.05, 0.1) is 11.1 Å². The predicted molar refractivity (Wildman–Crippen MR) is 97.9 cm³/mol. The third kappa shape index (κ3) is 3.50. The summed E-state index contributed by atoms with van der Waals surface area (Å²) >= 11 is 0. The van der Waals surface area contributed by atoms with Crippen molar-refractivity contribution in [3.05, 3.63) is 52.7 Å². The predicted octanol–water partition coefficient (Wildman–Crippen LogP) is 3.38. The average molecular weight is 339 g/mol. The van der Waals surface area contributed by atoms with Gasteiger partial charge in [-0.2, -0.15) is 5.10 Å². The van der Waals surface area contributed by atoms with E-state index in [1.54, 1.807) is 0 Å². The number of carboxylic acids is 1. The van der Waals surface area contributed by atoms with E-state index in [4.69, 9.17) is 0 Å². The molecule has 0 spiro atoms. The minimum absolute atomic E-state index is 0.625. The van der Waals surface area contributed by atoms with E-state index in [1.807, 2.05) is 25.1 Å². The minimum atomic E-state index is -0.704. The number of hydrogen-bond acceptors (Lipinski definition) is 4. The van der Waals surface area contributed by atoms with Crippen LogP contribution in [0.2, 0.25) is 0 Å². The molecule has 0 amide bonds. The molecule has 5 nitrogen and oxygen atoms in total. The van der Waals surface area contributed by atoms with E-state index in [1.165, 1.54) is 11.1 Å². The Labute approximate surface area is 148 Å². The second-order valence-corrected chi connectivity index (χ2v) is 7.24. The first kappa shape index (κ1) is 17.4. The van der Waals surface area contributed by atoms with Gasteiger partial charge in [-0.1, -0.05) is 30.3 Å². The van der Waals surface area contributed by atoms with Crippen molar-refractivity contribution in [2.24, 2.45) is 5.41 Å². The fourth-order valence-electron chi connectivity index (χ4n) is 3.33. The maximum absolute atomic E-state index is 11.4. The Balaban J connectivity index is 1.78. The van der Waals surface area contributed by atoms with Gasteiger partial charge in [-0.25, -0.2) is 0 Å². The number of nitrogens with zero attached hydrogens (tertiary/aromatic N) is 3. The summed E-state index contributed by atoms with van der Waals surface area (Å²) in [6, 6.07) is 10.3. The van der Waals surface area contributed by atoms with Crippen LogP contribution in [0.1, 0.15) is 42.1 Å². The molecule has 5 heteroatoms. The van der Waals surface area contributed by atoms with Crippen molar-refractivity contribution in [1.29, 1.82) is 0 Å². The number of aliphatic carboxylic acids is 1. The van der Waals surface area contributed by atoms with E-state index >= 15 is 0 Å². The molecule has 2 aromatic rings. The van der Waals surface area contributed by atoms with Gasteiger partial charge in [0.2, 0.25) is 0 Å². The fourth-order valence-corrected chi connectivity index (χ4v) is 3.33. The van der Waals surface area contributed by atoms with Crippen LogP contribution in [0.5, 0.6) is 0 Å². The van der Waals surface area contributed by atoms with Crippen LogP contribution in [-0.4, -0.2) is 34.4 Å². The van der Waals surface area contributed by atoms with Crippen molar-refractivity contribution in [1.82, 2.24) is 10.2 Å². The number of hydrogen-bond donors (Lipinski definition) is 1. The number of rotatable bonds is 4. The zero-order valence-corrected chi connectivity index (χ0v) is 15.1. The van der Waals surface area contributed by atoms with Crippen LogP contribution in [0.25, 0.3) is 0 Å². The van der Waals surface area contributed by atoms with Gasteiger partial charge in [0.15, 0.2) is 5.82 Å². The normalized spacial score (nSPS) is 16.7. The molecule has 0 aliphatic carbocycles. The van der Waals surface area contributed by atoms with Crippen molar-refractivity contribution in [2.45, 2.75) is 40.0 Å². The van der Waals surface area contributed by atoms with Crippen molar-refractivity contribution < 1.29 is 9.90 Å². The van der Waals surface area contributed by atoms with E-state index < -0.39 is 11.4 Å². The molecule has 1 aliphatic rings. The standard InChI is InChI=1S/C20H25N3O2/c1-14-15(2)18(23-11-9-20(3,10-12-23)19(24)25)22-21-17(14)13-16-7-5-4-6-8-16/h4-8H,9-13H2,1-3H3,(H,24,25). The molecule has 1 saturated heterocycles. The molecule has 3 rings (SSSR count). The highest BCUT2D eigenvalue weighted by Crippen LogP contribution is 2.34. The maximum Gasteiger partial charge on any atom is 0.309 e. The van der Waals surface area contributed by atoms with Gasteiger partial charge in [-0.15, -0.1) is 5.10 Å². The van der Waals surface area contributed by atoms with Gasteiger partial charge in [0.1, 0.15) is 0 Å². The SMILES string of the molecule is Cc1c(Cc2ccccc2)nnc(N2CCC(C)(C(=O)O)CC2)c1C. The van der Waals surface area contributed by atoms with Crippen molar-refractivity contribution in [2.75, 3.05) is 18.0 Å². The highest BCUT2D eigenvalue weighted by Gasteiger charge is 2.37. The van der Waals surface area contributed by atoms with Gasteiger partial charge in [0.25, 0.3) is 0 Å².